The Balaban J connectivity index is 1.42. The minimum absolute atomic E-state index is 0.105. The highest BCUT2D eigenvalue weighted by atomic mass is 16.7. The van der Waals surface area contributed by atoms with E-state index in [4.69, 9.17) is 4.84 Å². The first-order valence-electron chi connectivity index (χ1n) is 8.27. The summed E-state index contributed by atoms with van der Waals surface area (Å²) in [5.74, 6) is 1.97. The molecule has 5 heterocycles. The number of aromatic nitrogens is 2. The molecule has 2 bridgehead atoms. The van der Waals surface area contributed by atoms with Crippen molar-refractivity contribution in [3.8, 4) is 0 Å². The first-order valence-corrected chi connectivity index (χ1v) is 8.27. The number of amidine groups is 1. The number of piperidine rings is 3. The lowest BCUT2D eigenvalue weighted by molar-refractivity contribution is -0.150. The highest BCUT2D eigenvalue weighted by Gasteiger charge is 2.52. The van der Waals surface area contributed by atoms with E-state index in [9.17, 15) is 0 Å². The molecule has 0 saturated carbocycles. The van der Waals surface area contributed by atoms with Crippen molar-refractivity contribution >= 4 is 22.7 Å². The number of aliphatic imine (C=N–C) groups is 1. The fraction of sp³-hybridized carbons (Fsp3) is 0.471. The molecule has 0 unspecified atom stereocenters. The highest BCUT2D eigenvalue weighted by molar-refractivity contribution is 5.86. The SMILES string of the molecule is c1ccc2nc(N=C3C[C@@]4(CN5CCC4CC5)ON3)ncc2c1. The van der Waals surface area contributed by atoms with Gasteiger partial charge in [-0.3, -0.25) is 10.3 Å². The molecule has 4 saturated heterocycles. The van der Waals surface area contributed by atoms with E-state index in [1.165, 1.54) is 25.9 Å². The molecule has 0 amide bonds. The van der Waals surface area contributed by atoms with Gasteiger partial charge in [0.25, 0.3) is 5.95 Å². The van der Waals surface area contributed by atoms with Crippen molar-refractivity contribution in [2.24, 2.45) is 10.9 Å². The van der Waals surface area contributed by atoms with Crippen LogP contribution in [0.4, 0.5) is 5.95 Å². The van der Waals surface area contributed by atoms with Gasteiger partial charge in [-0.1, -0.05) is 18.2 Å². The fourth-order valence-corrected chi connectivity index (χ4v) is 4.16. The van der Waals surface area contributed by atoms with Crippen LogP contribution in [0, 0.1) is 5.92 Å². The van der Waals surface area contributed by atoms with Crippen LogP contribution in [-0.2, 0) is 4.84 Å². The average molecular weight is 309 g/mol. The predicted octanol–water partition coefficient (Wildman–Crippen LogP) is 2.05. The number of nitrogens with zero attached hydrogens (tertiary/aromatic N) is 4. The lowest BCUT2D eigenvalue weighted by Gasteiger charge is -2.49. The maximum Gasteiger partial charge on any atom is 0.251 e. The van der Waals surface area contributed by atoms with Gasteiger partial charge in [-0.15, -0.1) is 0 Å². The molecular formula is C17H19N5O. The summed E-state index contributed by atoms with van der Waals surface area (Å²) in [4.78, 5) is 22.0. The molecule has 0 radical (unpaired) electrons. The number of hydrogen-bond acceptors (Lipinski definition) is 5. The van der Waals surface area contributed by atoms with Crippen LogP contribution in [0.1, 0.15) is 19.3 Å². The molecule has 23 heavy (non-hydrogen) atoms. The lowest BCUT2D eigenvalue weighted by atomic mass is 9.74. The molecule has 6 rings (SSSR count). The lowest BCUT2D eigenvalue weighted by Crippen LogP contribution is -2.59. The molecule has 1 atom stereocenters. The summed E-state index contributed by atoms with van der Waals surface area (Å²) in [5, 5.41) is 1.03. The third kappa shape index (κ3) is 2.21. The van der Waals surface area contributed by atoms with Crippen LogP contribution >= 0.6 is 0 Å². The average Bonchev–Trinajstić information content (AvgIpc) is 2.98. The number of hydrogen-bond donors (Lipinski definition) is 1. The Morgan fingerprint density at radius 1 is 1.26 bits per heavy atom. The van der Waals surface area contributed by atoms with E-state index in [1.807, 2.05) is 30.5 Å². The summed E-state index contributed by atoms with van der Waals surface area (Å²) < 4.78 is 0. The molecule has 6 nitrogen and oxygen atoms in total. The number of nitrogens with one attached hydrogen (secondary N) is 1. The van der Waals surface area contributed by atoms with Crippen LogP contribution in [0.15, 0.2) is 35.5 Å². The summed E-state index contributed by atoms with van der Waals surface area (Å²) >= 11 is 0. The van der Waals surface area contributed by atoms with Gasteiger partial charge in [0.15, 0.2) is 0 Å². The molecule has 1 spiro atoms. The Labute approximate surface area is 134 Å². The van der Waals surface area contributed by atoms with E-state index in [2.05, 4.69) is 25.3 Å². The van der Waals surface area contributed by atoms with Crippen molar-refractivity contribution in [3.05, 3.63) is 30.5 Å². The third-order valence-electron chi connectivity index (χ3n) is 5.37. The Bertz CT molecular complexity index is 783. The molecule has 1 N–H and O–H groups in total. The Kier molecular flexibility index (Phi) is 2.90. The van der Waals surface area contributed by atoms with Gasteiger partial charge in [0.2, 0.25) is 0 Å². The largest absolute Gasteiger partial charge is 0.300 e. The van der Waals surface area contributed by atoms with E-state index < -0.39 is 0 Å². The summed E-state index contributed by atoms with van der Waals surface area (Å²) in [5.41, 5.74) is 3.85. The normalized spacial score (nSPS) is 34.3. The number of benzene rings is 1. The van der Waals surface area contributed by atoms with Crippen molar-refractivity contribution in [2.45, 2.75) is 24.9 Å². The summed E-state index contributed by atoms with van der Waals surface area (Å²) in [6.45, 7) is 3.41. The van der Waals surface area contributed by atoms with Gasteiger partial charge in [-0.05, 0) is 37.9 Å². The Morgan fingerprint density at radius 3 is 2.96 bits per heavy atom. The molecule has 0 aliphatic carbocycles. The van der Waals surface area contributed by atoms with E-state index in [0.29, 0.717) is 11.9 Å². The van der Waals surface area contributed by atoms with E-state index in [1.54, 1.807) is 0 Å². The molecule has 118 valence electrons. The van der Waals surface area contributed by atoms with Crippen LogP contribution in [0.25, 0.3) is 10.9 Å². The molecular weight excluding hydrogens is 290 g/mol. The maximum absolute atomic E-state index is 6.01. The van der Waals surface area contributed by atoms with Crippen LogP contribution in [0.3, 0.4) is 0 Å². The molecule has 4 aliphatic heterocycles. The zero-order valence-electron chi connectivity index (χ0n) is 12.9. The summed E-state index contributed by atoms with van der Waals surface area (Å²) in [6.07, 6.45) is 5.09. The van der Waals surface area contributed by atoms with Gasteiger partial charge in [0, 0.05) is 24.5 Å². The summed E-state index contributed by atoms with van der Waals surface area (Å²) in [7, 11) is 0. The maximum atomic E-state index is 6.01. The Hall–Kier alpha value is -2.05. The highest BCUT2D eigenvalue weighted by Crippen LogP contribution is 2.42. The predicted molar refractivity (Wildman–Crippen MR) is 87.4 cm³/mol. The number of fused-ring (bicyclic) bond motifs is 3. The number of hydroxylamine groups is 1. The van der Waals surface area contributed by atoms with Gasteiger partial charge in [-0.25, -0.2) is 9.97 Å². The van der Waals surface area contributed by atoms with Gasteiger partial charge < -0.3 is 4.90 Å². The summed E-state index contributed by atoms with van der Waals surface area (Å²) in [6, 6.07) is 7.95. The van der Waals surface area contributed by atoms with Crippen molar-refractivity contribution in [1.29, 1.82) is 0 Å². The van der Waals surface area contributed by atoms with E-state index >= 15 is 0 Å². The van der Waals surface area contributed by atoms with Gasteiger partial charge in [0.05, 0.1) is 5.52 Å². The van der Waals surface area contributed by atoms with E-state index in [-0.39, 0.29) is 5.60 Å². The third-order valence-corrected chi connectivity index (χ3v) is 5.37. The monoisotopic (exact) mass is 309 g/mol. The Morgan fingerprint density at radius 2 is 2.13 bits per heavy atom. The molecule has 1 aromatic heterocycles. The molecule has 4 fully saturated rings. The second kappa shape index (κ2) is 4.97. The fourth-order valence-electron chi connectivity index (χ4n) is 4.16. The molecule has 2 aromatic rings. The van der Waals surface area contributed by atoms with E-state index in [0.717, 1.165) is 29.7 Å². The van der Waals surface area contributed by atoms with Crippen molar-refractivity contribution in [2.75, 3.05) is 19.6 Å². The minimum atomic E-state index is -0.105. The molecule has 4 aliphatic rings. The van der Waals surface area contributed by atoms with Crippen molar-refractivity contribution in [1.82, 2.24) is 20.3 Å². The van der Waals surface area contributed by atoms with Crippen LogP contribution in [0.5, 0.6) is 0 Å². The van der Waals surface area contributed by atoms with Crippen LogP contribution in [-0.4, -0.2) is 45.9 Å². The smallest absolute Gasteiger partial charge is 0.251 e. The standard InChI is InChI=1S/C17H19N5O/c1-2-4-14-12(3-1)10-18-16(19-14)20-15-9-17(23-21-15)11-22-7-5-13(17)6-8-22/h1-4,10,13H,5-9,11H2,(H,18,19,20,21)/t17-/m0/s1. The second-order valence-corrected chi connectivity index (χ2v) is 6.78. The zero-order valence-corrected chi connectivity index (χ0v) is 12.9. The first-order chi connectivity index (χ1) is 11.3. The second-order valence-electron chi connectivity index (χ2n) is 6.78. The number of para-hydroxylation sites is 1. The van der Waals surface area contributed by atoms with Gasteiger partial charge in [0.1, 0.15) is 11.4 Å². The molecule has 1 aromatic carbocycles. The number of rotatable bonds is 1. The van der Waals surface area contributed by atoms with Crippen LogP contribution in [0.2, 0.25) is 0 Å². The van der Waals surface area contributed by atoms with Gasteiger partial charge >= 0.3 is 0 Å². The molecule has 6 heteroatoms. The van der Waals surface area contributed by atoms with Crippen molar-refractivity contribution in [3.63, 3.8) is 0 Å². The zero-order chi connectivity index (χ0) is 15.3. The first kappa shape index (κ1) is 13.4. The minimum Gasteiger partial charge on any atom is -0.300 e. The van der Waals surface area contributed by atoms with Gasteiger partial charge in [-0.2, -0.15) is 4.99 Å². The van der Waals surface area contributed by atoms with Crippen LogP contribution < -0.4 is 5.48 Å². The topological polar surface area (TPSA) is 62.6 Å². The van der Waals surface area contributed by atoms with Crippen molar-refractivity contribution < 1.29 is 4.84 Å². The quantitative estimate of drug-likeness (QED) is 0.873.